The first-order valence-corrected chi connectivity index (χ1v) is 6.11. The molecule has 3 rings (SSSR count). The van der Waals surface area contributed by atoms with Crippen LogP contribution in [0.5, 0.6) is 0 Å². The summed E-state index contributed by atoms with van der Waals surface area (Å²) in [5.41, 5.74) is 0.666. The zero-order chi connectivity index (χ0) is 12.9. The molecule has 18 heavy (non-hydrogen) atoms. The third-order valence-electron chi connectivity index (χ3n) is 2.58. The highest BCUT2D eigenvalue weighted by atomic mass is 35.6. The molecule has 0 unspecified atom stereocenters. The Labute approximate surface area is 116 Å². The fourth-order valence-electron chi connectivity index (χ4n) is 1.75. The Morgan fingerprint density at radius 2 is 1.83 bits per heavy atom. The van der Waals surface area contributed by atoms with E-state index in [9.17, 15) is 4.79 Å². The summed E-state index contributed by atoms with van der Waals surface area (Å²) >= 11 is 17.1. The van der Waals surface area contributed by atoms with E-state index < -0.39 is 3.79 Å². The van der Waals surface area contributed by atoms with Gasteiger partial charge >= 0.3 is 0 Å². The lowest BCUT2D eigenvalue weighted by Crippen LogP contribution is -2.08. The quantitative estimate of drug-likeness (QED) is 0.579. The summed E-state index contributed by atoms with van der Waals surface area (Å²) in [4.78, 5) is 11.9. The zero-order valence-corrected chi connectivity index (χ0v) is 11.0. The van der Waals surface area contributed by atoms with Gasteiger partial charge in [-0.15, -0.1) is 0 Å². The fourth-order valence-corrected chi connectivity index (χ4v) is 2.03. The molecule has 2 aromatic heterocycles. The molecule has 0 amide bonds. The van der Waals surface area contributed by atoms with Crippen LogP contribution in [0.2, 0.25) is 0 Å². The van der Waals surface area contributed by atoms with Crippen molar-refractivity contribution < 1.29 is 8.83 Å². The number of rotatable bonds is 0. The number of benzene rings is 1. The van der Waals surface area contributed by atoms with Gasteiger partial charge in [-0.1, -0.05) is 34.8 Å². The van der Waals surface area contributed by atoms with E-state index in [-0.39, 0.29) is 11.2 Å². The van der Waals surface area contributed by atoms with Crippen molar-refractivity contribution in [2.45, 2.75) is 3.79 Å². The van der Waals surface area contributed by atoms with E-state index in [0.717, 1.165) is 5.39 Å². The van der Waals surface area contributed by atoms with Crippen LogP contribution < -0.4 is 5.43 Å². The minimum absolute atomic E-state index is 0.0177. The van der Waals surface area contributed by atoms with Gasteiger partial charge in [-0.3, -0.25) is 4.79 Å². The lowest BCUT2D eigenvalue weighted by Gasteiger charge is -2.09. The Morgan fingerprint density at radius 1 is 1.06 bits per heavy atom. The molecule has 0 radical (unpaired) electrons. The Balaban J connectivity index is 2.42. The summed E-state index contributed by atoms with van der Waals surface area (Å²) in [6.45, 7) is 0. The van der Waals surface area contributed by atoms with Crippen LogP contribution in [0.3, 0.4) is 0 Å². The SMILES string of the molecule is O=c1cc(C(Cl)(Cl)Cl)oc2cc3occc3cc12. The van der Waals surface area contributed by atoms with Crippen LogP contribution in [0.1, 0.15) is 5.76 Å². The number of hydrogen-bond donors (Lipinski definition) is 0. The van der Waals surface area contributed by atoms with Gasteiger partial charge in [-0.2, -0.15) is 0 Å². The van der Waals surface area contributed by atoms with Crippen molar-refractivity contribution in [1.29, 1.82) is 0 Å². The lowest BCUT2D eigenvalue weighted by atomic mass is 10.1. The van der Waals surface area contributed by atoms with Crippen molar-refractivity contribution in [2.24, 2.45) is 0 Å². The summed E-state index contributed by atoms with van der Waals surface area (Å²) < 4.78 is 8.89. The molecule has 0 aliphatic rings. The molecule has 2 heterocycles. The molecule has 0 aliphatic heterocycles. The fraction of sp³-hybridized carbons (Fsp3) is 0.0833. The third-order valence-corrected chi connectivity index (χ3v) is 3.14. The molecule has 3 nitrogen and oxygen atoms in total. The van der Waals surface area contributed by atoms with Crippen LogP contribution in [0.25, 0.3) is 21.9 Å². The van der Waals surface area contributed by atoms with Crippen LogP contribution in [-0.4, -0.2) is 0 Å². The molecule has 0 spiro atoms. The van der Waals surface area contributed by atoms with Crippen molar-refractivity contribution in [3.05, 3.63) is 46.5 Å². The maximum Gasteiger partial charge on any atom is 0.248 e. The van der Waals surface area contributed by atoms with Gasteiger partial charge in [0, 0.05) is 17.5 Å². The first-order valence-electron chi connectivity index (χ1n) is 4.97. The monoisotopic (exact) mass is 302 g/mol. The average molecular weight is 304 g/mol. The zero-order valence-electron chi connectivity index (χ0n) is 8.75. The number of hydrogen-bond acceptors (Lipinski definition) is 3. The summed E-state index contributed by atoms with van der Waals surface area (Å²) in [5, 5.41) is 1.23. The van der Waals surface area contributed by atoms with Crippen molar-refractivity contribution >= 4 is 56.7 Å². The maximum absolute atomic E-state index is 11.9. The van der Waals surface area contributed by atoms with Crippen LogP contribution in [0.15, 0.2) is 44.2 Å². The predicted molar refractivity (Wildman–Crippen MR) is 71.5 cm³/mol. The molecule has 3 aromatic rings. The van der Waals surface area contributed by atoms with E-state index in [1.165, 1.54) is 12.3 Å². The van der Waals surface area contributed by atoms with E-state index in [4.69, 9.17) is 43.6 Å². The van der Waals surface area contributed by atoms with Gasteiger partial charge in [0.2, 0.25) is 3.79 Å². The number of furan rings is 1. The topological polar surface area (TPSA) is 43.4 Å². The summed E-state index contributed by atoms with van der Waals surface area (Å²) in [7, 11) is 0. The summed E-state index contributed by atoms with van der Waals surface area (Å²) in [6, 6.07) is 6.23. The summed E-state index contributed by atoms with van der Waals surface area (Å²) in [6.07, 6.45) is 1.53. The Kier molecular flexibility index (Phi) is 2.59. The lowest BCUT2D eigenvalue weighted by molar-refractivity contribution is 0.544. The van der Waals surface area contributed by atoms with Crippen molar-refractivity contribution in [1.82, 2.24) is 0 Å². The Hall–Kier alpha value is -1.16. The first-order chi connectivity index (χ1) is 8.45. The van der Waals surface area contributed by atoms with Crippen molar-refractivity contribution in [3.63, 3.8) is 0 Å². The molecule has 6 heteroatoms. The number of halogens is 3. The number of alkyl halides is 3. The van der Waals surface area contributed by atoms with Gasteiger partial charge in [-0.25, -0.2) is 0 Å². The Morgan fingerprint density at radius 3 is 2.56 bits per heavy atom. The second-order valence-electron chi connectivity index (χ2n) is 3.78. The van der Waals surface area contributed by atoms with Crippen LogP contribution in [-0.2, 0) is 3.79 Å². The third kappa shape index (κ3) is 1.88. The molecule has 0 bridgehead atoms. The summed E-state index contributed by atoms with van der Waals surface area (Å²) in [5.74, 6) is -0.0177. The van der Waals surface area contributed by atoms with Crippen LogP contribution >= 0.6 is 34.8 Å². The molecular formula is C12H5Cl3O3. The maximum atomic E-state index is 11.9. The molecule has 0 saturated carbocycles. The van der Waals surface area contributed by atoms with E-state index in [2.05, 4.69) is 0 Å². The highest BCUT2D eigenvalue weighted by Gasteiger charge is 2.27. The van der Waals surface area contributed by atoms with E-state index >= 15 is 0 Å². The second-order valence-corrected chi connectivity index (χ2v) is 6.06. The molecule has 0 aliphatic carbocycles. The van der Waals surface area contributed by atoms with Crippen molar-refractivity contribution in [3.8, 4) is 0 Å². The Bertz CT molecular complexity index is 796. The van der Waals surface area contributed by atoms with Gasteiger partial charge in [0.15, 0.2) is 11.2 Å². The molecule has 92 valence electrons. The minimum Gasteiger partial charge on any atom is -0.464 e. The molecule has 0 atom stereocenters. The molecule has 0 fully saturated rings. The first kappa shape index (κ1) is 11.9. The van der Waals surface area contributed by atoms with Crippen LogP contribution in [0.4, 0.5) is 0 Å². The second kappa shape index (κ2) is 3.92. The van der Waals surface area contributed by atoms with E-state index in [1.54, 1.807) is 18.2 Å². The smallest absolute Gasteiger partial charge is 0.248 e. The van der Waals surface area contributed by atoms with Gasteiger partial charge in [-0.05, 0) is 12.1 Å². The van der Waals surface area contributed by atoms with E-state index in [1.807, 2.05) is 0 Å². The average Bonchev–Trinajstić information content (AvgIpc) is 2.72. The molecule has 1 aromatic carbocycles. The van der Waals surface area contributed by atoms with Crippen molar-refractivity contribution in [2.75, 3.05) is 0 Å². The van der Waals surface area contributed by atoms with Gasteiger partial charge in [0.25, 0.3) is 0 Å². The molecule has 0 N–H and O–H groups in total. The standard InChI is InChI=1S/C12H5Cl3O3/c13-12(14,15)11-4-8(16)7-3-6-1-2-17-9(6)5-10(7)18-11/h1-5H. The van der Waals surface area contributed by atoms with E-state index in [0.29, 0.717) is 16.6 Å². The van der Waals surface area contributed by atoms with Gasteiger partial charge < -0.3 is 8.83 Å². The minimum atomic E-state index is -1.77. The molecular weight excluding hydrogens is 298 g/mol. The highest BCUT2D eigenvalue weighted by Crippen LogP contribution is 2.38. The van der Waals surface area contributed by atoms with Gasteiger partial charge in [0.1, 0.15) is 11.2 Å². The molecule has 0 saturated heterocycles. The normalized spacial score (nSPS) is 12.4. The highest BCUT2D eigenvalue weighted by molar-refractivity contribution is 6.66. The number of fused-ring (bicyclic) bond motifs is 2. The predicted octanol–water partition coefficient (Wildman–Crippen LogP) is 4.37. The van der Waals surface area contributed by atoms with Crippen LogP contribution in [0, 0.1) is 0 Å². The van der Waals surface area contributed by atoms with Gasteiger partial charge in [0.05, 0.1) is 11.6 Å². The largest absolute Gasteiger partial charge is 0.464 e.